The second-order valence-electron chi connectivity index (χ2n) is 7.92. The molecule has 3 heteroatoms. The van der Waals surface area contributed by atoms with Crippen LogP contribution in [0.15, 0.2) is 0 Å². The van der Waals surface area contributed by atoms with Crippen molar-refractivity contribution in [2.45, 2.75) is 122 Å². The Hall–Kier alpha value is -0.120. The van der Waals surface area contributed by atoms with Crippen LogP contribution in [0.1, 0.15) is 104 Å². The largest absolute Gasteiger partial charge is 0.361 e. The number of hydrogen-bond acceptors (Lipinski definition) is 3. The summed E-state index contributed by atoms with van der Waals surface area (Å²) >= 11 is 0. The average Bonchev–Trinajstić information content (AvgIpc) is 3.13. The molecular formula is C21H41NO2. The summed E-state index contributed by atoms with van der Waals surface area (Å²) in [6, 6.07) is 0. The topological polar surface area (TPSA) is 21.7 Å². The molecular weight excluding hydrogens is 298 g/mol. The van der Waals surface area contributed by atoms with Crippen LogP contribution >= 0.6 is 0 Å². The number of hydrogen-bond donors (Lipinski definition) is 0. The molecule has 0 bridgehead atoms. The van der Waals surface area contributed by atoms with E-state index in [1.54, 1.807) is 0 Å². The van der Waals surface area contributed by atoms with E-state index in [0.717, 1.165) is 19.6 Å². The standard InChI is InChI=1S/C21H41NO2/c1-4-7-9-11-13-15-19-22-20(16-14-12-10-8-5-2)24-18-21(22,6-3)17-23-19/h19-20H,4-18H2,1-3H3. The third-order valence-electron chi connectivity index (χ3n) is 6.02. The quantitative estimate of drug-likeness (QED) is 0.392. The van der Waals surface area contributed by atoms with E-state index in [0.29, 0.717) is 12.5 Å². The lowest BCUT2D eigenvalue weighted by Gasteiger charge is -2.33. The molecule has 2 rings (SSSR count). The van der Waals surface area contributed by atoms with Crippen molar-refractivity contribution in [2.24, 2.45) is 0 Å². The molecule has 0 radical (unpaired) electrons. The summed E-state index contributed by atoms with van der Waals surface area (Å²) in [5.74, 6) is 0. The van der Waals surface area contributed by atoms with E-state index >= 15 is 0 Å². The monoisotopic (exact) mass is 339 g/mol. The van der Waals surface area contributed by atoms with Gasteiger partial charge in [-0.15, -0.1) is 0 Å². The molecule has 0 aromatic heterocycles. The van der Waals surface area contributed by atoms with Gasteiger partial charge in [-0.2, -0.15) is 0 Å². The van der Waals surface area contributed by atoms with E-state index < -0.39 is 0 Å². The number of rotatable bonds is 13. The summed E-state index contributed by atoms with van der Waals surface area (Å²) in [5, 5.41) is 0. The summed E-state index contributed by atoms with van der Waals surface area (Å²) < 4.78 is 12.5. The van der Waals surface area contributed by atoms with Crippen LogP contribution in [-0.2, 0) is 9.47 Å². The Morgan fingerprint density at radius 3 is 1.58 bits per heavy atom. The van der Waals surface area contributed by atoms with Gasteiger partial charge < -0.3 is 9.47 Å². The summed E-state index contributed by atoms with van der Waals surface area (Å²) in [6.45, 7) is 8.60. The summed E-state index contributed by atoms with van der Waals surface area (Å²) in [6.07, 6.45) is 17.5. The van der Waals surface area contributed by atoms with Crippen molar-refractivity contribution in [2.75, 3.05) is 13.2 Å². The van der Waals surface area contributed by atoms with Crippen molar-refractivity contribution in [3.63, 3.8) is 0 Å². The van der Waals surface area contributed by atoms with E-state index in [1.165, 1.54) is 77.0 Å². The zero-order valence-corrected chi connectivity index (χ0v) is 16.5. The first kappa shape index (κ1) is 20.2. The van der Waals surface area contributed by atoms with Crippen molar-refractivity contribution in [1.29, 1.82) is 0 Å². The fourth-order valence-corrected chi connectivity index (χ4v) is 4.33. The first-order valence-corrected chi connectivity index (χ1v) is 10.8. The second-order valence-corrected chi connectivity index (χ2v) is 7.92. The van der Waals surface area contributed by atoms with Gasteiger partial charge in [-0.3, -0.25) is 0 Å². The molecule has 24 heavy (non-hydrogen) atoms. The molecule has 0 aromatic rings. The maximum atomic E-state index is 6.24. The van der Waals surface area contributed by atoms with Gasteiger partial charge in [-0.25, -0.2) is 4.90 Å². The van der Waals surface area contributed by atoms with Gasteiger partial charge in [-0.05, 0) is 32.1 Å². The Morgan fingerprint density at radius 1 is 0.708 bits per heavy atom. The zero-order chi connectivity index (χ0) is 17.3. The highest BCUT2D eigenvalue weighted by atomic mass is 16.6. The Morgan fingerprint density at radius 2 is 1.17 bits per heavy atom. The highest BCUT2D eigenvalue weighted by Gasteiger charge is 2.54. The number of nitrogens with zero attached hydrogens (tertiary/aromatic N) is 1. The maximum Gasteiger partial charge on any atom is 0.113 e. The van der Waals surface area contributed by atoms with E-state index in [2.05, 4.69) is 25.7 Å². The molecule has 0 amide bonds. The van der Waals surface area contributed by atoms with Gasteiger partial charge in [0, 0.05) is 0 Å². The highest BCUT2D eigenvalue weighted by molar-refractivity contribution is 5.01. The number of ether oxygens (including phenoxy) is 2. The normalized spacial score (nSPS) is 30.1. The van der Waals surface area contributed by atoms with E-state index in [-0.39, 0.29) is 5.54 Å². The molecule has 2 unspecified atom stereocenters. The summed E-state index contributed by atoms with van der Waals surface area (Å²) in [7, 11) is 0. The molecule has 2 aliphatic rings. The number of fused-ring (bicyclic) bond motifs is 1. The van der Waals surface area contributed by atoms with E-state index in [1.807, 2.05) is 0 Å². The van der Waals surface area contributed by atoms with Crippen LogP contribution < -0.4 is 0 Å². The third-order valence-corrected chi connectivity index (χ3v) is 6.02. The molecule has 2 saturated heterocycles. The second kappa shape index (κ2) is 10.8. The predicted octanol–water partition coefficient (Wildman–Crippen LogP) is 5.87. The molecule has 2 heterocycles. The molecule has 142 valence electrons. The molecule has 0 saturated carbocycles. The molecule has 2 fully saturated rings. The Labute approximate surface area is 150 Å². The molecule has 2 aliphatic heterocycles. The van der Waals surface area contributed by atoms with Crippen LogP contribution in [0.4, 0.5) is 0 Å². The smallest absolute Gasteiger partial charge is 0.113 e. The van der Waals surface area contributed by atoms with Crippen LogP contribution in [-0.4, -0.2) is 36.1 Å². The predicted molar refractivity (Wildman–Crippen MR) is 101 cm³/mol. The lowest BCUT2D eigenvalue weighted by molar-refractivity contribution is -0.0657. The van der Waals surface area contributed by atoms with Gasteiger partial charge in [-0.1, -0.05) is 72.1 Å². The van der Waals surface area contributed by atoms with Crippen molar-refractivity contribution in [3.8, 4) is 0 Å². The van der Waals surface area contributed by atoms with Crippen LogP contribution in [0.2, 0.25) is 0 Å². The summed E-state index contributed by atoms with van der Waals surface area (Å²) in [4.78, 5) is 2.63. The van der Waals surface area contributed by atoms with Gasteiger partial charge in [0.25, 0.3) is 0 Å². The van der Waals surface area contributed by atoms with Gasteiger partial charge >= 0.3 is 0 Å². The molecule has 3 nitrogen and oxygen atoms in total. The van der Waals surface area contributed by atoms with Gasteiger partial charge in [0.1, 0.15) is 12.5 Å². The molecule has 0 aromatic carbocycles. The third kappa shape index (κ3) is 5.19. The average molecular weight is 340 g/mol. The minimum atomic E-state index is 0.169. The van der Waals surface area contributed by atoms with Gasteiger partial charge in [0.2, 0.25) is 0 Å². The molecule has 2 atom stereocenters. The van der Waals surface area contributed by atoms with E-state index in [4.69, 9.17) is 9.47 Å². The van der Waals surface area contributed by atoms with Crippen LogP contribution in [0, 0.1) is 0 Å². The Kier molecular flexibility index (Phi) is 9.07. The van der Waals surface area contributed by atoms with Crippen molar-refractivity contribution in [1.82, 2.24) is 4.90 Å². The van der Waals surface area contributed by atoms with Crippen molar-refractivity contribution >= 4 is 0 Å². The van der Waals surface area contributed by atoms with Crippen molar-refractivity contribution < 1.29 is 9.47 Å². The highest BCUT2D eigenvalue weighted by Crippen LogP contribution is 2.41. The Balaban J connectivity index is 1.79. The lowest BCUT2D eigenvalue weighted by atomic mass is 9.97. The van der Waals surface area contributed by atoms with Crippen LogP contribution in [0.5, 0.6) is 0 Å². The molecule has 0 spiro atoms. The van der Waals surface area contributed by atoms with Gasteiger partial charge in [0.15, 0.2) is 0 Å². The summed E-state index contributed by atoms with van der Waals surface area (Å²) in [5.41, 5.74) is 0.169. The van der Waals surface area contributed by atoms with E-state index in [9.17, 15) is 0 Å². The minimum Gasteiger partial charge on any atom is -0.361 e. The fraction of sp³-hybridized carbons (Fsp3) is 1.00. The van der Waals surface area contributed by atoms with Crippen molar-refractivity contribution in [3.05, 3.63) is 0 Å². The first-order valence-electron chi connectivity index (χ1n) is 10.8. The van der Waals surface area contributed by atoms with Crippen LogP contribution in [0.3, 0.4) is 0 Å². The number of unbranched alkanes of at least 4 members (excludes halogenated alkanes) is 8. The zero-order valence-electron chi connectivity index (χ0n) is 16.5. The minimum absolute atomic E-state index is 0.169. The first-order chi connectivity index (χ1) is 11.8. The molecule has 0 N–H and O–H groups in total. The van der Waals surface area contributed by atoms with Gasteiger partial charge in [0.05, 0.1) is 18.8 Å². The SMILES string of the molecule is CCCCCCCC1OCC2(CC)COC(CCCCCCC)N12. The Bertz CT molecular complexity index is 308. The molecule has 0 aliphatic carbocycles. The lowest BCUT2D eigenvalue weighted by Crippen LogP contribution is -2.48. The van der Waals surface area contributed by atoms with Crippen LogP contribution in [0.25, 0.3) is 0 Å². The fourth-order valence-electron chi connectivity index (χ4n) is 4.33. The maximum absolute atomic E-state index is 6.24.